The maximum atomic E-state index is 4.53. The summed E-state index contributed by atoms with van der Waals surface area (Å²) in [6.45, 7) is 9.45. The summed E-state index contributed by atoms with van der Waals surface area (Å²) in [6.07, 6.45) is 3.20. The molecule has 0 aliphatic heterocycles. The van der Waals surface area contributed by atoms with Crippen LogP contribution in [0.5, 0.6) is 0 Å². The zero-order valence-electron chi connectivity index (χ0n) is 11.6. The lowest BCUT2D eigenvalue weighted by Gasteiger charge is -2.10. The molecule has 0 aliphatic carbocycles. The molecule has 0 amide bonds. The summed E-state index contributed by atoms with van der Waals surface area (Å²) in [4.78, 5) is 4.53. The van der Waals surface area contributed by atoms with E-state index in [1.54, 1.807) is 0 Å². The lowest BCUT2D eigenvalue weighted by molar-refractivity contribution is 0.686. The monoisotopic (exact) mass is 243 g/mol. The van der Waals surface area contributed by atoms with E-state index in [0.29, 0.717) is 0 Å². The molecule has 0 spiro atoms. The van der Waals surface area contributed by atoms with Crippen LogP contribution in [-0.4, -0.2) is 9.55 Å². The highest BCUT2D eigenvalue weighted by Crippen LogP contribution is 2.19. The van der Waals surface area contributed by atoms with E-state index in [9.17, 15) is 0 Å². The van der Waals surface area contributed by atoms with Gasteiger partial charge in [0.2, 0.25) is 5.95 Å². The van der Waals surface area contributed by atoms with E-state index >= 15 is 0 Å². The van der Waals surface area contributed by atoms with Crippen molar-refractivity contribution < 1.29 is 0 Å². The van der Waals surface area contributed by atoms with Crippen molar-refractivity contribution in [2.75, 3.05) is 5.32 Å². The minimum atomic E-state index is 0.928. The standard InChI is InChI=1S/C15H21N3/c1-5-8-18-10-13(4)16-15(18)17-14-7-6-11(2)12(3)9-14/h6-7,9-10H,5,8H2,1-4H3,(H,16,17). The van der Waals surface area contributed by atoms with Crippen LogP contribution in [0.4, 0.5) is 11.6 Å². The van der Waals surface area contributed by atoms with Gasteiger partial charge in [0, 0.05) is 18.4 Å². The molecule has 3 heteroatoms. The third-order valence-corrected chi connectivity index (χ3v) is 3.12. The predicted octanol–water partition coefficient (Wildman–Crippen LogP) is 3.96. The number of hydrogen-bond donors (Lipinski definition) is 1. The Hall–Kier alpha value is -1.77. The first-order valence-corrected chi connectivity index (χ1v) is 6.48. The molecule has 0 atom stereocenters. The summed E-state index contributed by atoms with van der Waals surface area (Å²) in [5.74, 6) is 0.928. The van der Waals surface area contributed by atoms with Crippen LogP contribution in [0, 0.1) is 20.8 Å². The summed E-state index contributed by atoms with van der Waals surface area (Å²) >= 11 is 0. The second-order valence-electron chi connectivity index (χ2n) is 4.82. The molecule has 2 aromatic rings. The van der Waals surface area contributed by atoms with Crippen LogP contribution in [0.1, 0.15) is 30.2 Å². The SMILES string of the molecule is CCCn1cc(C)nc1Nc1ccc(C)c(C)c1. The van der Waals surface area contributed by atoms with Gasteiger partial charge in [-0.15, -0.1) is 0 Å². The van der Waals surface area contributed by atoms with E-state index < -0.39 is 0 Å². The van der Waals surface area contributed by atoms with Crippen molar-refractivity contribution in [3.63, 3.8) is 0 Å². The van der Waals surface area contributed by atoms with Crippen LogP contribution < -0.4 is 5.32 Å². The summed E-state index contributed by atoms with van der Waals surface area (Å²) in [6, 6.07) is 6.40. The van der Waals surface area contributed by atoms with Crippen LogP contribution in [0.15, 0.2) is 24.4 Å². The minimum Gasteiger partial charge on any atom is -0.326 e. The normalized spacial score (nSPS) is 10.7. The highest BCUT2D eigenvalue weighted by Gasteiger charge is 2.05. The Balaban J connectivity index is 2.24. The van der Waals surface area contributed by atoms with Gasteiger partial charge in [-0.2, -0.15) is 0 Å². The smallest absolute Gasteiger partial charge is 0.207 e. The zero-order valence-corrected chi connectivity index (χ0v) is 11.6. The second-order valence-corrected chi connectivity index (χ2v) is 4.82. The van der Waals surface area contributed by atoms with Crippen molar-refractivity contribution in [3.05, 3.63) is 41.2 Å². The zero-order chi connectivity index (χ0) is 13.1. The van der Waals surface area contributed by atoms with Gasteiger partial charge >= 0.3 is 0 Å². The highest BCUT2D eigenvalue weighted by molar-refractivity contribution is 5.56. The van der Waals surface area contributed by atoms with E-state index in [4.69, 9.17) is 0 Å². The average molecular weight is 243 g/mol. The fourth-order valence-corrected chi connectivity index (χ4v) is 2.01. The number of hydrogen-bond acceptors (Lipinski definition) is 2. The molecule has 0 aliphatic rings. The van der Waals surface area contributed by atoms with Gasteiger partial charge in [-0.25, -0.2) is 4.98 Å². The number of aryl methyl sites for hydroxylation is 4. The molecule has 0 fully saturated rings. The molecule has 0 unspecified atom stereocenters. The van der Waals surface area contributed by atoms with Crippen molar-refractivity contribution in [2.24, 2.45) is 0 Å². The Bertz CT molecular complexity index is 541. The molecule has 2 rings (SSSR count). The van der Waals surface area contributed by atoms with Crippen LogP contribution >= 0.6 is 0 Å². The Labute approximate surface area is 109 Å². The largest absolute Gasteiger partial charge is 0.326 e. The van der Waals surface area contributed by atoms with Gasteiger partial charge in [-0.1, -0.05) is 13.0 Å². The first-order chi connectivity index (χ1) is 8.60. The van der Waals surface area contributed by atoms with Crippen molar-refractivity contribution in [1.29, 1.82) is 0 Å². The number of anilines is 2. The van der Waals surface area contributed by atoms with Crippen LogP contribution in [0.25, 0.3) is 0 Å². The summed E-state index contributed by atoms with van der Waals surface area (Å²) in [5, 5.41) is 3.40. The number of benzene rings is 1. The number of nitrogens with one attached hydrogen (secondary N) is 1. The first-order valence-electron chi connectivity index (χ1n) is 6.48. The van der Waals surface area contributed by atoms with E-state index in [0.717, 1.165) is 30.3 Å². The maximum absolute atomic E-state index is 4.53. The number of rotatable bonds is 4. The summed E-state index contributed by atoms with van der Waals surface area (Å²) < 4.78 is 2.17. The van der Waals surface area contributed by atoms with Crippen molar-refractivity contribution in [3.8, 4) is 0 Å². The van der Waals surface area contributed by atoms with E-state index in [-0.39, 0.29) is 0 Å². The number of aromatic nitrogens is 2. The molecular formula is C15H21N3. The summed E-state index contributed by atoms with van der Waals surface area (Å²) in [7, 11) is 0. The molecule has 3 nitrogen and oxygen atoms in total. The Morgan fingerprint density at radius 2 is 1.94 bits per heavy atom. The maximum Gasteiger partial charge on any atom is 0.207 e. The van der Waals surface area contributed by atoms with Gasteiger partial charge in [0.1, 0.15) is 0 Å². The molecule has 1 aromatic heterocycles. The third kappa shape index (κ3) is 2.73. The fourth-order valence-electron chi connectivity index (χ4n) is 2.01. The molecule has 0 saturated heterocycles. The first kappa shape index (κ1) is 12.7. The van der Waals surface area contributed by atoms with Crippen LogP contribution in [-0.2, 0) is 6.54 Å². The lowest BCUT2D eigenvalue weighted by Crippen LogP contribution is -2.02. The number of imidazole rings is 1. The molecule has 1 heterocycles. The van der Waals surface area contributed by atoms with Gasteiger partial charge in [0.15, 0.2) is 0 Å². The van der Waals surface area contributed by atoms with Crippen molar-refractivity contribution in [1.82, 2.24) is 9.55 Å². The minimum absolute atomic E-state index is 0.928. The fraction of sp³-hybridized carbons (Fsp3) is 0.400. The lowest BCUT2D eigenvalue weighted by atomic mass is 10.1. The summed E-state index contributed by atoms with van der Waals surface area (Å²) in [5.41, 5.74) is 4.76. The van der Waals surface area contributed by atoms with Gasteiger partial charge < -0.3 is 9.88 Å². The highest BCUT2D eigenvalue weighted by atomic mass is 15.2. The molecule has 1 aromatic carbocycles. The molecule has 96 valence electrons. The van der Waals surface area contributed by atoms with E-state index in [2.05, 4.69) is 60.0 Å². The molecule has 18 heavy (non-hydrogen) atoms. The molecule has 1 N–H and O–H groups in total. The third-order valence-electron chi connectivity index (χ3n) is 3.12. The van der Waals surface area contributed by atoms with Crippen molar-refractivity contribution in [2.45, 2.75) is 40.7 Å². The Morgan fingerprint density at radius 1 is 1.17 bits per heavy atom. The Kier molecular flexibility index (Phi) is 3.70. The van der Waals surface area contributed by atoms with Gasteiger partial charge in [0.25, 0.3) is 0 Å². The molecule has 0 radical (unpaired) electrons. The quantitative estimate of drug-likeness (QED) is 0.880. The molecule has 0 bridgehead atoms. The average Bonchev–Trinajstić information content (AvgIpc) is 2.65. The number of nitrogens with zero attached hydrogens (tertiary/aromatic N) is 2. The topological polar surface area (TPSA) is 29.9 Å². The van der Waals surface area contributed by atoms with Gasteiger partial charge in [-0.05, 0) is 50.5 Å². The predicted molar refractivity (Wildman–Crippen MR) is 76.5 cm³/mol. The van der Waals surface area contributed by atoms with Gasteiger partial charge in [-0.3, -0.25) is 0 Å². The van der Waals surface area contributed by atoms with E-state index in [1.807, 2.05) is 6.92 Å². The molecular weight excluding hydrogens is 222 g/mol. The molecule has 0 saturated carbocycles. The van der Waals surface area contributed by atoms with Gasteiger partial charge in [0.05, 0.1) is 5.69 Å². The Morgan fingerprint density at radius 3 is 2.61 bits per heavy atom. The van der Waals surface area contributed by atoms with Crippen molar-refractivity contribution >= 4 is 11.6 Å². The van der Waals surface area contributed by atoms with E-state index in [1.165, 1.54) is 11.1 Å². The van der Waals surface area contributed by atoms with Crippen LogP contribution in [0.2, 0.25) is 0 Å². The second kappa shape index (κ2) is 5.25. The van der Waals surface area contributed by atoms with Crippen LogP contribution in [0.3, 0.4) is 0 Å².